The Morgan fingerprint density at radius 1 is 1.04 bits per heavy atom. The molecule has 0 aromatic heterocycles. The molecule has 1 amide bonds. The molecule has 0 saturated heterocycles. The Morgan fingerprint density at radius 3 is 2.32 bits per heavy atom. The van der Waals surface area contributed by atoms with Crippen LogP contribution in [0.25, 0.3) is 0 Å². The van der Waals surface area contributed by atoms with Gasteiger partial charge in [0, 0.05) is 11.3 Å². The number of carbonyl (C=O) groups is 3. The molecular weight excluding hydrogens is 360 g/mol. The average Bonchev–Trinajstić information content (AvgIpc) is 2.68. The van der Waals surface area contributed by atoms with Crippen LogP contribution in [0.2, 0.25) is 0 Å². The van der Waals surface area contributed by atoms with E-state index in [4.69, 9.17) is 14.7 Å². The summed E-state index contributed by atoms with van der Waals surface area (Å²) in [4.78, 5) is 35.8. The van der Waals surface area contributed by atoms with E-state index in [2.05, 4.69) is 5.32 Å². The predicted molar refractivity (Wildman–Crippen MR) is 102 cm³/mol. The van der Waals surface area contributed by atoms with E-state index in [9.17, 15) is 14.4 Å². The van der Waals surface area contributed by atoms with Crippen molar-refractivity contribution in [2.24, 2.45) is 0 Å². The average molecular weight is 380 g/mol. The molecule has 144 valence electrons. The van der Waals surface area contributed by atoms with Crippen molar-refractivity contribution in [3.05, 3.63) is 59.7 Å². The first-order chi connectivity index (χ1) is 13.3. The topological polar surface area (TPSA) is 105 Å². The Labute approximate surface area is 162 Å². The van der Waals surface area contributed by atoms with Crippen LogP contribution < -0.4 is 10.1 Å². The third-order valence-electron chi connectivity index (χ3n) is 3.83. The van der Waals surface area contributed by atoms with E-state index in [1.165, 1.54) is 20.8 Å². The van der Waals surface area contributed by atoms with Crippen LogP contribution in [0.15, 0.2) is 48.5 Å². The lowest BCUT2D eigenvalue weighted by atomic mass is 10.1. The number of ether oxygens (including phenoxy) is 2. The molecular formula is C21H20N2O5. The summed E-state index contributed by atoms with van der Waals surface area (Å²) in [6, 6.07) is 14.7. The van der Waals surface area contributed by atoms with Crippen molar-refractivity contribution < 1.29 is 23.9 Å². The number of hydrogen-bond donors (Lipinski definition) is 1. The smallest absolute Gasteiger partial charge is 0.347 e. The van der Waals surface area contributed by atoms with Crippen LogP contribution in [0, 0.1) is 11.3 Å². The Bertz CT molecular complexity index is 915. The number of esters is 1. The summed E-state index contributed by atoms with van der Waals surface area (Å²) in [7, 11) is 0. The van der Waals surface area contributed by atoms with Crippen LogP contribution in [0.5, 0.6) is 5.75 Å². The van der Waals surface area contributed by atoms with Gasteiger partial charge in [0.15, 0.2) is 18.0 Å². The number of benzene rings is 2. The summed E-state index contributed by atoms with van der Waals surface area (Å²) in [6.07, 6.45) is -2.00. The maximum absolute atomic E-state index is 12.2. The third kappa shape index (κ3) is 5.68. The van der Waals surface area contributed by atoms with Crippen molar-refractivity contribution >= 4 is 23.3 Å². The molecule has 0 spiro atoms. The molecule has 0 radical (unpaired) electrons. The molecule has 0 bridgehead atoms. The molecule has 2 aromatic carbocycles. The molecule has 7 heteroatoms. The van der Waals surface area contributed by atoms with Crippen molar-refractivity contribution in [3.63, 3.8) is 0 Å². The second-order valence-electron chi connectivity index (χ2n) is 6.10. The summed E-state index contributed by atoms with van der Waals surface area (Å²) >= 11 is 0. The van der Waals surface area contributed by atoms with Gasteiger partial charge in [-0.3, -0.25) is 9.59 Å². The molecule has 28 heavy (non-hydrogen) atoms. The minimum Gasteiger partial charge on any atom is -0.479 e. The van der Waals surface area contributed by atoms with E-state index in [1.807, 2.05) is 6.07 Å². The number of anilines is 1. The molecule has 0 heterocycles. The van der Waals surface area contributed by atoms with Crippen molar-refractivity contribution in [2.45, 2.75) is 33.0 Å². The summed E-state index contributed by atoms with van der Waals surface area (Å²) in [5, 5.41) is 11.4. The number of hydrogen-bond acceptors (Lipinski definition) is 6. The first-order valence-corrected chi connectivity index (χ1v) is 8.59. The monoisotopic (exact) mass is 380 g/mol. The first kappa shape index (κ1) is 20.6. The molecule has 2 rings (SSSR count). The summed E-state index contributed by atoms with van der Waals surface area (Å²) in [6.45, 7) is 4.37. The highest BCUT2D eigenvalue weighted by Gasteiger charge is 2.23. The van der Waals surface area contributed by atoms with Gasteiger partial charge in [-0.2, -0.15) is 5.26 Å². The number of rotatable bonds is 7. The van der Waals surface area contributed by atoms with Gasteiger partial charge in [0.2, 0.25) is 0 Å². The number of nitrogens with one attached hydrogen (secondary N) is 1. The normalized spacial score (nSPS) is 12.2. The molecule has 0 unspecified atom stereocenters. The lowest BCUT2D eigenvalue weighted by molar-refractivity contribution is -0.159. The predicted octanol–water partition coefficient (Wildman–Crippen LogP) is 3.10. The Kier molecular flexibility index (Phi) is 6.88. The van der Waals surface area contributed by atoms with Gasteiger partial charge < -0.3 is 14.8 Å². The first-order valence-electron chi connectivity index (χ1n) is 8.59. The van der Waals surface area contributed by atoms with Gasteiger partial charge in [0.05, 0.1) is 11.6 Å². The minimum absolute atomic E-state index is 0.121. The van der Waals surface area contributed by atoms with Gasteiger partial charge in [0.25, 0.3) is 5.91 Å². The second kappa shape index (κ2) is 9.33. The molecule has 2 atom stereocenters. The van der Waals surface area contributed by atoms with E-state index >= 15 is 0 Å². The quantitative estimate of drug-likeness (QED) is 0.584. The number of nitriles is 1. The summed E-state index contributed by atoms with van der Waals surface area (Å²) in [5.41, 5.74) is 1.37. The number of ketones is 1. The molecule has 7 nitrogen and oxygen atoms in total. The molecule has 0 fully saturated rings. The van der Waals surface area contributed by atoms with Crippen molar-refractivity contribution in [1.29, 1.82) is 5.26 Å². The lowest BCUT2D eigenvalue weighted by Gasteiger charge is -2.18. The summed E-state index contributed by atoms with van der Waals surface area (Å²) < 4.78 is 10.6. The number of nitrogens with zero attached hydrogens (tertiary/aromatic N) is 1. The van der Waals surface area contributed by atoms with Gasteiger partial charge >= 0.3 is 5.97 Å². The fourth-order valence-electron chi connectivity index (χ4n) is 2.24. The SMILES string of the molecule is CC(=O)c1cccc(NC(=O)[C@@H](C)OC(=O)[C@H](C)Oc2ccc(C#N)cc2)c1. The highest BCUT2D eigenvalue weighted by molar-refractivity contribution is 5.98. The zero-order valence-electron chi connectivity index (χ0n) is 15.8. The van der Waals surface area contributed by atoms with Crippen LogP contribution >= 0.6 is 0 Å². The maximum Gasteiger partial charge on any atom is 0.347 e. The van der Waals surface area contributed by atoms with E-state index in [0.29, 0.717) is 22.6 Å². The van der Waals surface area contributed by atoms with Crippen molar-refractivity contribution in [2.75, 3.05) is 5.32 Å². The van der Waals surface area contributed by atoms with Crippen molar-refractivity contribution in [1.82, 2.24) is 0 Å². The molecule has 1 N–H and O–H groups in total. The van der Waals surface area contributed by atoms with Crippen molar-refractivity contribution in [3.8, 4) is 11.8 Å². The van der Waals surface area contributed by atoms with Gasteiger partial charge in [0.1, 0.15) is 5.75 Å². The summed E-state index contributed by atoms with van der Waals surface area (Å²) in [5.74, 6) is -0.949. The second-order valence-corrected chi connectivity index (χ2v) is 6.10. The largest absolute Gasteiger partial charge is 0.479 e. The van der Waals surface area contributed by atoms with Crippen LogP contribution in [-0.2, 0) is 14.3 Å². The fourth-order valence-corrected chi connectivity index (χ4v) is 2.24. The fraction of sp³-hybridized carbons (Fsp3) is 0.238. The van der Waals surface area contributed by atoms with Gasteiger partial charge in [-0.1, -0.05) is 12.1 Å². The molecule has 0 aliphatic rings. The maximum atomic E-state index is 12.2. The van der Waals surface area contributed by atoms with Gasteiger partial charge in [-0.25, -0.2) is 4.79 Å². The van der Waals surface area contributed by atoms with E-state index in [0.717, 1.165) is 0 Å². The number of carbonyl (C=O) groups excluding carboxylic acids is 3. The van der Waals surface area contributed by atoms with Crippen LogP contribution in [0.3, 0.4) is 0 Å². The molecule has 0 aliphatic heterocycles. The standard InChI is InChI=1S/C21H20N2O5/c1-13(24)17-5-4-6-18(11-17)23-20(25)14(2)28-21(26)15(3)27-19-9-7-16(12-22)8-10-19/h4-11,14-15H,1-3H3,(H,23,25)/t14-,15+/m1/s1. The van der Waals surface area contributed by atoms with Gasteiger partial charge in [-0.15, -0.1) is 0 Å². The van der Waals surface area contributed by atoms with Crippen LogP contribution in [0.1, 0.15) is 36.7 Å². The Hall–Kier alpha value is -3.66. The Balaban J connectivity index is 1.91. The molecule has 2 aromatic rings. The number of amides is 1. The minimum atomic E-state index is -1.06. The van der Waals surface area contributed by atoms with E-state index in [1.54, 1.807) is 48.5 Å². The lowest BCUT2D eigenvalue weighted by Crippen LogP contribution is -2.35. The zero-order chi connectivity index (χ0) is 20.7. The Morgan fingerprint density at radius 2 is 1.71 bits per heavy atom. The van der Waals surface area contributed by atoms with Crippen LogP contribution in [-0.4, -0.2) is 29.9 Å². The molecule has 0 saturated carbocycles. The van der Waals surface area contributed by atoms with Crippen LogP contribution in [0.4, 0.5) is 5.69 Å². The zero-order valence-corrected chi connectivity index (χ0v) is 15.8. The van der Waals surface area contributed by atoms with E-state index in [-0.39, 0.29) is 5.78 Å². The third-order valence-corrected chi connectivity index (χ3v) is 3.83. The molecule has 0 aliphatic carbocycles. The highest BCUT2D eigenvalue weighted by Crippen LogP contribution is 2.15. The highest BCUT2D eigenvalue weighted by atomic mass is 16.6. The number of Topliss-reactive ketones (excluding diaryl/α,β-unsaturated/α-hetero) is 1. The van der Waals surface area contributed by atoms with E-state index < -0.39 is 24.1 Å². The van der Waals surface area contributed by atoms with Gasteiger partial charge in [-0.05, 0) is 57.2 Å².